The van der Waals surface area contributed by atoms with Gasteiger partial charge in [-0.2, -0.15) is 0 Å². The minimum atomic E-state index is -0.506. The van der Waals surface area contributed by atoms with Crippen LogP contribution in [0, 0.1) is 27.7 Å². The monoisotopic (exact) mass is 477 g/mol. The van der Waals surface area contributed by atoms with Crippen molar-refractivity contribution >= 4 is 34.5 Å². The number of aromatic hydroxyl groups is 1. The van der Waals surface area contributed by atoms with E-state index < -0.39 is 17.1 Å². The molecule has 0 spiro atoms. The highest BCUT2D eigenvalue weighted by Crippen LogP contribution is 2.28. The summed E-state index contributed by atoms with van der Waals surface area (Å²) in [6, 6.07) is 16.7. The maximum absolute atomic E-state index is 11.8. The summed E-state index contributed by atoms with van der Waals surface area (Å²) in [5.41, 5.74) is 6.56. The SMILES string of the molecule is C=C1SC(=O)N(CC(=O)Nc2ccc(C)cc2)C1=O.Cc1cc(C)n(-c2ccc(O)cc2)c1C. The van der Waals surface area contributed by atoms with Gasteiger partial charge < -0.3 is 15.0 Å². The molecule has 1 aliphatic heterocycles. The van der Waals surface area contributed by atoms with Crippen molar-refractivity contribution in [1.29, 1.82) is 0 Å². The van der Waals surface area contributed by atoms with E-state index in [4.69, 9.17) is 0 Å². The van der Waals surface area contributed by atoms with Gasteiger partial charge in [-0.05, 0) is 87.5 Å². The van der Waals surface area contributed by atoms with Crippen molar-refractivity contribution in [2.24, 2.45) is 0 Å². The molecule has 7 nitrogen and oxygen atoms in total. The molecule has 3 amide bonds. The van der Waals surface area contributed by atoms with Gasteiger partial charge in [0, 0.05) is 22.8 Å². The van der Waals surface area contributed by atoms with E-state index in [1.54, 1.807) is 24.3 Å². The first kappa shape index (κ1) is 24.9. The van der Waals surface area contributed by atoms with Crippen LogP contribution in [-0.2, 0) is 9.59 Å². The number of aryl methyl sites for hydroxylation is 3. The molecule has 3 aromatic rings. The summed E-state index contributed by atoms with van der Waals surface area (Å²) in [6.07, 6.45) is 0. The van der Waals surface area contributed by atoms with Gasteiger partial charge in [-0.1, -0.05) is 24.3 Å². The van der Waals surface area contributed by atoms with Crippen molar-refractivity contribution in [2.45, 2.75) is 27.7 Å². The first-order valence-corrected chi connectivity index (χ1v) is 11.4. The predicted octanol–water partition coefficient (Wildman–Crippen LogP) is 5.25. The summed E-state index contributed by atoms with van der Waals surface area (Å²) in [5.74, 6) is -0.618. The minimum Gasteiger partial charge on any atom is -0.508 e. The first-order valence-electron chi connectivity index (χ1n) is 10.6. The lowest BCUT2D eigenvalue weighted by molar-refractivity contribution is -0.127. The summed E-state index contributed by atoms with van der Waals surface area (Å²) >= 11 is 0.750. The Kier molecular flexibility index (Phi) is 7.63. The second-order valence-electron chi connectivity index (χ2n) is 8.00. The minimum absolute atomic E-state index is 0.146. The molecule has 176 valence electrons. The Morgan fingerprint density at radius 1 is 1.00 bits per heavy atom. The van der Waals surface area contributed by atoms with Crippen LogP contribution in [0.25, 0.3) is 5.69 Å². The largest absolute Gasteiger partial charge is 0.508 e. The second kappa shape index (κ2) is 10.4. The lowest BCUT2D eigenvalue weighted by atomic mass is 10.2. The van der Waals surface area contributed by atoms with Crippen molar-refractivity contribution in [3.8, 4) is 11.4 Å². The molecule has 0 bridgehead atoms. The average molecular weight is 478 g/mol. The van der Waals surface area contributed by atoms with Crippen LogP contribution in [-0.4, -0.2) is 38.2 Å². The molecule has 0 unspecified atom stereocenters. The molecule has 34 heavy (non-hydrogen) atoms. The number of benzene rings is 2. The molecule has 1 aromatic heterocycles. The predicted molar refractivity (Wildman–Crippen MR) is 135 cm³/mol. The smallest absolute Gasteiger partial charge is 0.294 e. The zero-order valence-corrected chi connectivity index (χ0v) is 20.4. The fourth-order valence-corrected chi connectivity index (χ4v) is 4.14. The van der Waals surface area contributed by atoms with Crippen molar-refractivity contribution in [2.75, 3.05) is 11.9 Å². The van der Waals surface area contributed by atoms with Gasteiger partial charge in [0.1, 0.15) is 12.3 Å². The number of imide groups is 1. The Morgan fingerprint density at radius 2 is 1.62 bits per heavy atom. The van der Waals surface area contributed by atoms with Crippen LogP contribution in [0.3, 0.4) is 0 Å². The Morgan fingerprint density at radius 3 is 2.12 bits per heavy atom. The molecule has 0 atom stereocenters. The Labute approximate surface area is 203 Å². The molecular weight excluding hydrogens is 450 g/mol. The number of nitrogens with zero attached hydrogens (tertiary/aromatic N) is 2. The van der Waals surface area contributed by atoms with Crippen LogP contribution in [0.2, 0.25) is 0 Å². The number of hydrogen-bond donors (Lipinski definition) is 2. The summed E-state index contributed by atoms with van der Waals surface area (Å²) in [5, 5.41) is 11.4. The van der Waals surface area contributed by atoms with Gasteiger partial charge in [-0.3, -0.25) is 19.3 Å². The molecule has 0 aliphatic carbocycles. The van der Waals surface area contributed by atoms with Crippen LogP contribution in [0.5, 0.6) is 5.75 Å². The number of nitrogens with one attached hydrogen (secondary N) is 1. The van der Waals surface area contributed by atoms with E-state index in [9.17, 15) is 19.5 Å². The summed E-state index contributed by atoms with van der Waals surface area (Å²) in [4.78, 5) is 35.8. The molecule has 2 N–H and O–H groups in total. The van der Waals surface area contributed by atoms with Crippen LogP contribution in [0.15, 0.2) is 66.1 Å². The Hall–Kier alpha value is -3.78. The molecule has 4 rings (SSSR count). The van der Waals surface area contributed by atoms with Gasteiger partial charge in [0.15, 0.2) is 0 Å². The fourth-order valence-electron chi connectivity index (χ4n) is 3.48. The van der Waals surface area contributed by atoms with Crippen molar-refractivity contribution in [3.63, 3.8) is 0 Å². The van der Waals surface area contributed by atoms with Crippen LogP contribution in [0.4, 0.5) is 10.5 Å². The summed E-state index contributed by atoms with van der Waals surface area (Å²) in [6.45, 7) is 11.4. The zero-order valence-electron chi connectivity index (χ0n) is 19.6. The van der Waals surface area contributed by atoms with Crippen LogP contribution < -0.4 is 5.32 Å². The van der Waals surface area contributed by atoms with E-state index in [1.165, 1.54) is 17.0 Å². The topological polar surface area (TPSA) is 91.6 Å². The average Bonchev–Trinajstić information content (AvgIpc) is 3.18. The first-order chi connectivity index (χ1) is 16.1. The number of anilines is 1. The number of phenols is 1. The summed E-state index contributed by atoms with van der Waals surface area (Å²) < 4.78 is 2.19. The van der Waals surface area contributed by atoms with Crippen molar-refractivity contribution in [3.05, 3.63) is 88.6 Å². The number of aromatic nitrogens is 1. The number of carbonyl (C=O) groups excluding carboxylic acids is 3. The van der Waals surface area contributed by atoms with E-state index >= 15 is 0 Å². The zero-order chi connectivity index (χ0) is 25.0. The highest BCUT2D eigenvalue weighted by Gasteiger charge is 2.34. The molecular formula is C26H27N3O4S. The number of rotatable bonds is 4. The highest BCUT2D eigenvalue weighted by molar-refractivity contribution is 8.18. The van der Waals surface area contributed by atoms with Gasteiger partial charge in [-0.25, -0.2) is 0 Å². The standard InChI is InChI=1S/C13H12N2O3S.C13H15NO/c1-8-3-5-10(6-4-8)14-11(16)7-15-12(17)9(2)19-13(15)18;1-9-8-10(2)14(11(9)3)12-4-6-13(15)7-5-12/h3-6H,2,7H2,1H3,(H,14,16);4-8,15H,1-3H3. The van der Waals surface area contributed by atoms with Crippen molar-refractivity contribution in [1.82, 2.24) is 9.47 Å². The third kappa shape index (κ3) is 5.77. The maximum atomic E-state index is 11.8. The molecule has 0 saturated carbocycles. The molecule has 2 aromatic carbocycles. The normalized spacial score (nSPS) is 13.1. The molecule has 8 heteroatoms. The molecule has 1 saturated heterocycles. The second-order valence-corrected chi connectivity index (χ2v) is 9.05. The third-order valence-electron chi connectivity index (χ3n) is 5.34. The quantitative estimate of drug-likeness (QED) is 0.501. The number of amides is 3. The molecule has 0 radical (unpaired) electrons. The van der Waals surface area contributed by atoms with E-state index in [0.717, 1.165) is 27.9 Å². The lowest BCUT2D eigenvalue weighted by Crippen LogP contribution is -2.36. The van der Waals surface area contributed by atoms with Crippen LogP contribution >= 0.6 is 11.8 Å². The third-order valence-corrected chi connectivity index (χ3v) is 6.16. The lowest BCUT2D eigenvalue weighted by Gasteiger charge is -2.12. The summed E-state index contributed by atoms with van der Waals surface area (Å²) in [7, 11) is 0. The van der Waals surface area contributed by atoms with Crippen LogP contribution in [0.1, 0.15) is 22.5 Å². The van der Waals surface area contributed by atoms with E-state index in [-0.39, 0.29) is 11.4 Å². The molecule has 1 fully saturated rings. The fraction of sp³-hybridized carbons (Fsp3) is 0.192. The van der Waals surface area contributed by atoms with E-state index in [0.29, 0.717) is 11.4 Å². The highest BCUT2D eigenvalue weighted by atomic mass is 32.2. The number of hydrogen-bond acceptors (Lipinski definition) is 5. The molecule has 1 aliphatic rings. The van der Waals surface area contributed by atoms with Gasteiger partial charge >= 0.3 is 0 Å². The van der Waals surface area contributed by atoms with E-state index in [1.807, 2.05) is 31.2 Å². The van der Waals surface area contributed by atoms with Crippen molar-refractivity contribution < 1.29 is 19.5 Å². The molecule has 2 heterocycles. The van der Waals surface area contributed by atoms with Gasteiger partial charge in [0.25, 0.3) is 11.1 Å². The number of carbonyl (C=O) groups is 3. The van der Waals surface area contributed by atoms with Gasteiger partial charge in [-0.15, -0.1) is 0 Å². The Balaban J connectivity index is 0.000000196. The maximum Gasteiger partial charge on any atom is 0.294 e. The number of phenolic OH excluding ortho intramolecular Hbond substituents is 1. The van der Waals surface area contributed by atoms with E-state index in [2.05, 4.69) is 43.3 Å². The van der Waals surface area contributed by atoms with Gasteiger partial charge in [0.2, 0.25) is 5.91 Å². The van der Waals surface area contributed by atoms with Gasteiger partial charge in [0.05, 0.1) is 4.91 Å². The Bertz CT molecular complexity index is 1240. The number of thioether (sulfide) groups is 1.